The van der Waals surface area contributed by atoms with Crippen molar-refractivity contribution in [3.63, 3.8) is 0 Å². The standard InChI is InChI=1S/C16H35O3P.H2/c1-5-9-11-15(7-3)13-18-20(17)19-14-16(8-4)12-10-6-2;/h15-17H,5-14H2,1-4H3;1H. The topological polar surface area (TPSA) is 38.7 Å². The molecule has 0 radical (unpaired) electrons. The van der Waals surface area contributed by atoms with Gasteiger partial charge >= 0.3 is 8.60 Å². The van der Waals surface area contributed by atoms with Crippen LogP contribution >= 0.6 is 8.60 Å². The molecule has 0 fully saturated rings. The lowest BCUT2D eigenvalue weighted by Gasteiger charge is -2.19. The molecule has 0 amide bonds. The molecular weight excluding hydrogens is 271 g/mol. The molecule has 0 aliphatic rings. The predicted octanol–water partition coefficient (Wildman–Crippen LogP) is 5.92. The van der Waals surface area contributed by atoms with Crippen molar-refractivity contribution in [3.05, 3.63) is 0 Å². The van der Waals surface area contributed by atoms with Crippen LogP contribution in [0.4, 0.5) is 0 Å². The molecule has 0 spiro atoms. The maximum Gasteiger partial charge on any atom is 0.329 e. The Hall–Kier alpha value is 0.310. The van der Waals surface area contributed by atoms with Crippen molar-refractivity contribution in [3.8, 4) is 0 Å². The summed E-state index contributed by atoms with van der Waals surface area (Å²) in [6.07, 6.45) is 9.50. The Morgan fingerprint density at radius 1 is 0.850 bits per heavy atom. The third-order valence-electron chi connectivity index (χ3n) is 3.93. The van der Waals surface area contributed by atoms with E-state index in [-0.39, 0.29) is 1.43 Å². The molecule has 1 N–H and O–H groups in total. The molecule has 3 nitrogen and oxygen atoms in total. The summed E-state index contributed by atoms with van der Waals surface area (Å²) in [5.41, 5.74) is 0. The predicted molar refractivity (Wildman–Crippen MR) is 89.8 cm³/mol. The molecule has 0 heterocycles. The van der Waals surface area contributed by atoms with E-state index in [1.54, 1.807) is 0 Å². The zero-order valence-corrected chi connectivity index (χ0v) is 14.8. The summed E-state index contributed by atoms with van der Waals surface area (Å²) in [6.45, 7) is 10.0. The van der Waals surface area contributed by atoms with Crippen molar-refractivity contribution in [2.24, 2.45) is 11.8 Å². The van der Waals surface area contributed by atoms with Crippen LogP contribution in [0.15, 0.2) is 0 Å². The first-order valence-electron chi connectivity index (χ1n) is 8.42. The molecule has 4 heteroatoms. The summed E-state index contributed by atoms with van der Waals surface area (Å²) in [5.74, 6) is 1.11. The monoisotopic (exact) mass is 308 g/mol. The van der Waals surface area contributed by atoms with Crippen LogP contribution in [0, 0.1) is 11.8 Å². The summed E-state index contributed by atoms with van der Waals surface area (Å²) in [7, 11) is -1.69. The van der Waals surface area contributed by atoms with Crippen LogP contribution in [-0.2, 0) is 9.05 Å². The molecule has 0 aromatic heterocycles. The third kappa shape index (κ3) is 11.0. The van der Waals surface area contributed by atoms with Crippen molar-refractivity contribution in [2.75, 3.05) is 13.2 Å². The number of unbranched alkanes of at least 4 members (excludes halogenated alkanes) is 2. The zero-order valence-electron chi connectivity index (χ0n) is 13.9. The van der Waals surface area contributed by atoms with Crippen molar-refractivity contribution >= 4 is 8.60 Å². The van der Waals surface area contributed by atoms with Gasteiger partial charge in [0.15, 0.2) is 0 Å². The minimum atomic E-state index is -1.69. The van der Waals surface area contributed by atoms with E-state index in [1.807, 2.05) is 0 Å². The molecule has 20 heavy (non-hydrogen) atoms. The van der Waals surface area contributed by atoms with Gasteiger partial charge in [0.2, 0.25) is 0 Å². The first-order chi connectivity index (χ1) is 9.67. The maximum absolute atomic E-state index is 9.81. The third-order valence-corrected chi connectivity index (χ3v) is 4.67. The van der Waals surface area contributed by atoms with Gasteiger partial charge < -0.3 is 13.9 Å². The van der Waals surface area contributed by atoms with E-state index in [1.165, 1.54) is 38.5 Å². The van der Waals surface area contributed by atoms with Crippen LogP contribution < -0.4 is 0 Å². The molecule has 0 aromatic carbocycles. The van der Waals surface area contributed by atoms with E-state index in [4.69, 9.17) is 9.05 Å². The Kier molecular flexibility index (Phi) is 14.5. The highest BCUT2D eigenvalue weighted by Gasteiger charge is 2.14. The van der Waals surface area contributed by atoms with Crippen LogP contribution in [0.3, 0.4) is 0 Å². The number of rotatable bonds is 14. The van der Waals surface area contributed by atoms with Gasteiger partial charge in [0.05, 0.1) is 13.2 Å². The van der Waals surface area contributed by atoms with E-state index in [9.17, 15) is 4.89 Å². The molecule has 0 bridgehead atoms. The van der Waals surface area contributed by atoms with Crippen molar-refractivity contribution in [1.82, 2.24) is 0 Å². The lowest BCUT2D eigenvalue weighted by Crippen LogP contribution is -2.10. The Morgan fingerprint density at radius 2 is 1.25 bits per heavy atom. The fourth-order valence-electron chi connectivity index (χ4n) is 2.17. The Morgan fingerprint density at radius 3 is 1.55 bits per heavy atom. The lowest BCUT2D eigenvalue weighted by molar-refractivity contribution is 0.148. The number of hydrogen-bond donors (Lipinski definition) is 1. The summed E-state index contributed by atoms with van der Waals surface area (Å²) in [6, 6.07) is 0. The minimum Gasteiger partial charge on any atom is -0.328 e. The molecule has 0 saturated carbocycles. The normalized spacial score (nSPS) is 16.1. The smallest absolute Gasteiger partial charge is 0.328 e. The Bertz CT molecular complexity index is 188. The SMILES string of the molecule is CCCCC(CC)COP(O)OCC(CC)CCCC.[HH]. The van der Waals surface area contributed by atoms with Gasteiger partial charge in [-0.3, -0.25) is 0 Å². The maximum atomic E-state index is 9.81. The molecule has 0 aliphatic carbocycles. The van der Waals surface area contributed by atoms with Crippen molar-refractivity contribution in [2.45, 2.75) is 79.1 Å². The van der Waals surface area contributed by atoms with Crippen molar-refractivity contribution in [1.29, 1.82) is 0 Å². The average molecular weight is 308 g/mol. The van der Waals surface area contributed by atoms with E-state index in [0.29, 0.717) is 25.0 Å². The minimum absolute atomic E-state index is 0. The first-order valence-corrected chi connectivity index (χ1v) is 9.55. The van der Waals surface area contributed by atoms with Gasteiger partial charge in [-0.05, 0) is 24.7 Å². The molecule has 0 saturated heterocycles. The van der Waals surface area contributed by atoms with Crippen LogP contribution in [0.2, 0.25) is 0 Å². The highest BCUT2D eigenvalue weighted by Crippen LogP contribution is 2.35. The summed E-state index contributed by atoms with van der Waals surface area (Å²) < 4.78 is 11.0. The number of hydrogen-bond acceptors (Lipinski definition) is 3. The Balaban J connectivity index is 0. The molecule has 0 rings (SSSR count). The van der Waals surface area contributed by atoms with E-state index < -0.39 is 8.60 Å². The highest BCUT2D eigenvalue weighted by molar-refractivity contribution is 7.40. The molecule has 2 atom stereocenters. The van der Waals surface area contributed by atoms with Gasteiger partial charge in [-0.2, -0.15) is 0 Å². The van der Waals surface area contributed by atoms with Crippen LogP contribution in [0.25, 0.3) is 0 Å². The second-order valence-corrected chi connectivity index (χ2v) is 6.65. The van der Waals surface area contributed by atoms with Gasteiger partial charge in [-0.15, -0.1) is 0 Å². The quantitative estimate of drug-likeness (QED) is 0.405. The summed E-state index contributed by atoms with van der Waals surface area (Å²) in [5, 5.41) is 0. The van der Waals surface area contributed by atoms with Crippen LogP contribution in [-0.4, -0.2) is 18.1 Å². The first kappa shape index (κ1) is 20.3. The van der Waals surface area contributed by atoms with Gasteiger partial charge in [0.25, 0.3) is 0 Å². The Labute approximate surface area is 128 Å². The van der Waals surface area contributed by atoms with Crippen molar-refractivity contribution < 1.29 is 15.4 Å². The van der Waals surface area contributed by atoms with E-state index in [0.717, 1.165) is 12.8 Å². The lowest BCUT2D eigenvalue weighted by atomic mass is 10.0. The molecular formula is C16H37O3P. The van der Waals surface area contributed by atoms with E-state index in [2.05, 4.69) is 27.7 Å². The van der Waals surface area contributed by atoms with Crippen LogP contribution in [0.1, 0.15) is 80.5 Å². The molecule has 0 aliphatic heterocycles. The van der Waals surface area contributed by atoms with Crippen LogP contribution in [0.5, 0.6) is 0 Å². The second-order valence-electron chi connectivity index (χ2n) is 5.66. The van der Waals surface area contributed by atoms with Gasteiger partial charge in [-0.25, -0.2) is 0 Å². The fraction of sp³-hybridized carbons (Fsp3) is 1.00. The molecule has 0 aromatic rings. The fourth-order valence-corrected chi connectivity index (χ4v) is 2.92. The highest BCUT2D eigenvalue weighted by atomic mass is 31.2. The summed E-state index contributed by atoms with van der Waals surface area (Å²) in [4.78, 5) is 9.81. The van der Waals surface area contributed by atoms with Gasteiger partial charge in [0, 0.05) is 1.43 Å². The van der Waals surface area contributed by atoms with Gasteiger partial charge in [0.1, 0.15) is 0 Å². The average Bonchev–Trinajstić information content (AvgIpc) is 2.47. The summed E-state index contributed by atoms with van der Waals surface area (Å²) >= 11 is 0. The zero-order chi connectivity index (χ0) is 15.2. The van der Waals surface area contributed by atoms with E-state index >= 15 is 0 Å². The second kappa shape index (κ2) is 14.3. The molecule has 2 unspecified atom stereocenters. The largest absolute Gasteiger partial charge is 0.329 e. The van der Waals surface area contributed by atoms with Gasteiger partial charge in [-0.1, -0.05) is 66.2 Å². The molecule has 124 valence electrons.